The Kier molecular flexibility index (Phi) is 5.55. The molecule has 10 heteroatoms. The van der Waals surface area contributed by atoms with E-state index in [1.807, 2.05) is 41.8 Å². The summed E-state index contributed by atoms with van der Waals surface area (Å²) in [5, 5.41) is 4.01. The largest absolute Gasteiger partial charge is 0.342 e. The van der Waals surface area contributed by atoms with Crippen LogP contribution >= 0.6 is 0 Å². The summed E-state index contributed by atoms with van der Waals surface area (Å²) < 4.78 is 29.4. The van der Waals surface area contributed by atoms with Crippen LogP contribution in [-0.4, -0.2) is 81.9 Å². The Morgan fingerprint density at radius 1 is 1.12 bits per heavy atom. The van der Waals surface area contributed by atoms with Crippen LogP contribution in [0.2, 0.25) is 0 Å². The van der Waals surface area contributed by atoms with Gasteiger partial charge in [0, 0.05) is 51.0 Å². The minimum absolute atomic E-state index is 0.0421. The number of nitrogens with zero attached hydrogens (tertiary/aromatic N) is 5. The van der Waals surface area contributed by atoms with E-state index in [1.54, 1.807) is 13.1 Å². The molecule has 9 nitrogen and oxygen atoms in total. The molecule has 2 amide bonds. The SMILES string of the molecule is CC(C)N1C(=O)c2ccccc2C(C(=O)N2CCC2)C12CCN(S(=O)(=O)c1cnn(C)c1)CC2. The highest BCUT2D eigenvalue weighted by molar-refractivity contribution is 7.89. The number of amides is 2. The number of hydrogen-bond donors (Lipinski definition) is 0. The van der Waals surface area contributed by atoms with Crippen molar-refractivity contribution in [3.05, 3.63) is 47.8 Å². The van der Waals surface area contributed by atoms with Crippen molar-refractivity contribution in [1.29, 1.82) is 0 Å². The Morgan fingerprint density at radius 2 is 1.79 bits per heavy atom. The van der Waals surface area contributed by atoms with Gasteiger partial charge in [-0.15, -0.1) is 0 Å². The van der Waals surface area contributed by atoms with E-state index in [2.05, 4.69) is 5.10 Å². The number of aryl methyl sites for hydroxylation is 1. The van der Waals surface area contributed by atoms with Gasteiger partial charge < -0.3 is 9.80 Å². The molecule has 3 aliphatic rings. The molecule has 1 spiro atoms. The van der Waals surface area contributed by atoms with E-state index >= 15 is 0 Å². The molecule has 1 unspecified atom stereocenters. The van der Waals surface area contributed by atoms with Gasteiger partial charge in [-0.3, -0.25) is 14.3 Å². The van der Waals surface area contributed by atoms with Crippen molar-refractivity contribution in [1.82, 2.24) is 23.9 Å². The number of carbonyl (C=O) groups is 2. The molecule has 2 aromatic rings. The molecular weight excluding hydrogens is 454 g/mol. The van der Waals surface area contributed by atoms with Gasteiger partial charge in [-0.25, -0.2) is 8.42 Å². The van der Waals surface area contributed by atoms with E-state index in [1.165, 1.54) is 21.4 Å². The first-order valence-electron chi connectivity index (χ1n) is 11.9. The summed E-state index contributed by atoms with van der Waals surface area (Å²) in [6.45, 7) is 5.86. The summed E-state index contributed by atoms with van der Waals surface area (Å²) in [6.07, 6.45) is 4.63. The molecule has 0 saturated carbocycles. The molecule has 1 atom stereocenters. The summed E-state index contributed by atoms with van der Waals surface area (Å²) in [6, 6.07) is 7.28. The number of hydrogen-bond acceptors (Lipinski definition) is 5. The zero-order valence-electron chi connectivity index (χ0n) is 19.8. The maximum absolute atomic E-state index is 13.8. The second-order valence-electron chi connectivity index (χ2n) is 9.83. The number of aromatic nitrogens is 2. The fourth-order valence-corrected chi connectivity index (χ4v) is 7.29. The molecule has 0 aliphatic carbocycles. The molecule has 3 aliphatic heterocycles. The maximum Gasteiger partial charge on any atom is 0.254 e. The number of sulfonamides is 1. The average molecular weight is 486 g/mol. The minimum Gasteiger partial charge on any atom is -0.342 e. The molecular formula is C24H31N5O4S. The van der Waals surface area contributed by atoms with Crippen molar-refractivity contribution in [3.63, 3.8) is 0 Å². The van der Waals surface area contributed by atoms with Gasteiger partial charge in [0.2, 0.25) is 15.9 Å². The van der Waals surface area contributed by atoms with Gasteiger partial charge in [-0.1, -0.05) is 18.2 Å². The monoisotopic (exact) mass is 485 g/mol. The number of benzene rings is 1. The average Bonchev–Trinajstić information content (AvgIpc) is 3.20. The van der Waals surface area contributed by atoms with Crippen LogP contribution in [0.5, 0.6) is 0 Å². The van der Waals surface area contributed by atoms with Crippen LogP contribution in [0.4, 0.5) is 0 Å². The van der Waals surface area contributed by atoms with Crippen LogP contribution in [0.3, 0.4) is 0 Å². The third-order valence-corrected chi connectivity index (χ3v) is 9.43. The zero-order chi connectivity index (χ0) is 24.3. The molecule has 0 bridgehead atoms. The molecule has 2 fully saturated rings. The molecule has 34 heavy (non-hydrogen) atoms. The van der Waals surface area contributed by atoms with Gasteiger partial charge in [0.25, 0.3) is 5.91 Å². The van der Waals surface area contributed by atoms with Crippen LogP contribution in [-0.2, 0) is 21.9 Å². The second kappa shape index (κ2) is 8.20. The summed E-state index contributed by atoms with van der Waals surface area (Å²) in [7, 11) is -2.02. The third-order valence-electron chi connectivity index (χ3n) is 7.58. The van der Waals surface area contributed by atoms with Gasteiger partial charge >= 0.3 is 0 Å². The first-order chi connectivity index (χ1) is 16.2. The van der Waals surface area contributed by atoms with E-state index in [9.17, 15) is 18.0 Å². The van der Waals surface area contributed by atoms with Gasteiger partial charge in [0.15, 0.2) is 0 Å². The number of likely N-dealkylation sites (tertiary alicyclic amines) is 1. The van der Waals surface area contributed by atoms with E-state index in [0.717, 1.165) is 25.1 Å². The van der Waals surface area contributed by atoms with E-state index in [0.29, 0.717) is 18.4 Å². The summed E-state index contributed by atoms with van der Waals surface area (Å²) in [4.78, 5) is 31.4. The zero-order valence-corrected chi connectivity index (χ0v) is 20.7. The quantitative estimate of drug-likeness (QED) is 0.658. The molecule has 0 radical (unpaired) electrons. The summed E-state index contributed by atoms with van der Waals surface area (Å²) >= 11 is 0. The van der Waals surface area contributed by atoms with Crippen LogP contribution in [0.15, 0.2) is 41.6 Å². The molecule has 2 saturated heterocycles. The Labute approximate surface area is 200 Å². The van der Waals surface area contributed by atoms with Crippen molar-refractivity contribution in [3.8, 4) is 0 Å². The van der Waals surface area contributed by atoms with Crippen molar-refractivity contribution in [2.24, 2.45) is 7.05 Å². The van der Waals surface area contributed by atoms with Crippen LogP contribution in [0, 0.1) is 0 Å². The Morgan fingerprint density at radius 3 is 2.35 bits per heavy atom. The van der Waals surface area contributed by atoms with Crippen LogP contribution in [0.25, 0.3) is 0 Å². The lowest BCUT2D eigenvalue weighted by Gasteiger charge is -2.57. The van der Waals surface area contributed by atoms with E-state index < -0.39 is 21.5 Å². The summed E-state index contributed by atoms with van der Waals surface area (Å²) in [5.74, 6) is -0.547. The van der Waals surface area contributed by atoms with Gasteiger partial charge in [-0.05, 0) is 44.7 Å². The number of piperidine rings is 1. The predicted molar refractivity (Wildman–Crippen MR) is 126 cm³/mol. The topological polar surface area (TPSA) is 95.8 Å². The second-order valence-corrected chi connectivity index (χ2v) is 11.8. The molecule has 182 valence electrons. The Balaban J connectivity index is 1.56. The highest BCUT2D eigenvalue weighted by Gasteiger charge is 2.57. The Bertz CT molecular complexity index is 1230. The predicted octanol–water partition coefficient (Wildman–Crippen LogP) is 1.82. The standard InChI is InChI=1S/C24H31N5O4S/c1-17(2)29-22(30)20-8-5-4-7-19(20)21(23(31)27-11-6-12-27)24(29)9-13-28(14-10-24)34(32,33)18-15-25-26(3)16-18/h4-5,7-8,15-17,21H,6,9-14H2,1-3H3. The Hall–Kier alpha value is -2.72. The van der Waals surface area contributed by atoms with Crippen molar-refractivity contribution in [2.75, 3.05) is 26.2 Å². The van der Waals surface area contributed by atoms with Crippen LogP contribution < -0.4 is 0 Å². The first kappa shape index (κ1) is 23.0. The summed E-state index contributed by atoms with van der Waals surface area (Å²) in [5.41, 5.74) is 0.573. The van der Waals surface area contributed by atoms with Crippen molar-refractivity contribution in [2.45, 2.75) is 55.5 Å². The highest BCUT2D eigenvalue weighted by Crippen LogP contribution is 2.49. The molecule has 4 heterocycles. The minimum atomic E-state index is -3.70. The third kappa shape index (κ3) is 3.38. The fraction of sp³-hybridized carbons (Fsp3) is 0.542. The van der Waals surface area contributed by atoms with Gasteiger partial charge in [-0.2, -0.15) is 9.40 Å². The van der Waals surface area contributed by atoms with Gasteiger partial charge in [0.05, 0.1) is 17.7 Å². The molecule has 1 aromatic heterocycles. The smallest absolute Gasteiger partial charge is 0.254 e. The van der Waals surface area contributed by atoms with E-state index in [-0.39, 0.29) is 35.8 Å². The van der Waals surface area contributed by atoms with Crippen LogP contribution in [0.1, 0.15) is 54.9 Å². The lowest BCUT2D eigenvalue weighted by molar-refractivity contribution is -0.142. The maximum atomic E-state index is 13.8. The van der Waals surface area contributed by atoms with E-state index in [4.69, 9.17) is 0 Å². The normalized spacial score (nSPS) is 22.7. The van der Waals surface area contributed by atoms with Crippen molar-refractivity contribution < 1.29 is 18.0 Å². The highest BCUT2D eigenvalue weighted by atomic mass is 32.2. The lowest BCUT2D eigenvalue weighted by Crippen LogP contribution is -2.67. The number of fused-ring (bicyclic) bond motifs is 1. The fourth-order valence-electron chi connectivity index (χ4n) is 5.86. The van der Waals surface area contributed by atoms with Gasteiger partial charge in [0.1, 0.15) is 4.90 Å². The molecule has 5 rings (SSSR count). The lowest BCUT2D eigenvalue weighted by atomic mass is 9.66. The van der Waals surface area contributed by atoms with Crippen molar-refractivity contribution >= 4 is 21.8 Å². The molecule has 0 N–H and O–H groups in total. The molecule has 1 aromatic carbocycles. The first-order valence-corrected chi connectivity index (χ1v) is 13.3. The number of rotatable bonds is 4. The number of carbonyl (C=O) groups excluding carboxylic acids is 2.